The second-order valence-electron chi connectivity index (χ2n) is 4.36. The molecule has 1 fully saturated rings. The average Bonchev–Trinajstić information content (AvgIpc) is 2.17. The van der Waals surface area contributed by atoms with Gasteiger partial charge in [0.1, 0.15) is 0 Å². The quantitative estimate of drug-likeness (QED) is 0.725. The Hall–Kier alpha value is -0.830. The number of carboxylic acids is 1. The molecule has 3 nitrogen and oxygen atoms in total. The van der Waals surface area contributed by atoms with Gasteiger partial charge in [-0.05, 0) is 32.7 Å². The lowest BCUT2D eigenvalue weighted by Gasteiger charge is -2.35. The molecule has 0 aliphatic carbocycles. The Morgan fingerprint density at radius 1 is 1.53 bits per heavy atom. The molecule has 0 bridgehead atoms. The molecule has 86 valence electrons. The molecule has 0 spiro atoms. The Labute approximate surface area is 91.8 Å². The molecule has 3 heteroatoms. The highest BCUT2D eigenvalue weighted by Gasteiger charge is 2.20. The van der Waals surface area contributed by atoms with Crippen molar-refractivity contribution in [3.8, 4) is 0 Å². The molecule has 0 aromatic rings. The van der Waals surface area contributed by atoms with Gasteiger partial charge in [0.25, 0.3) is 0 Å². The van der Waals surface area contributed by atoms with Gasteiger partial charge in [0.05, 0.1) is 0 Å². The molecule has 1 saturated heterocycles. The van der Waals surface area contributed by atoms with Crippen molar-refractivity contribution >= 4 is 5.97 Å². The molecule has 1 atom stereocenters. The Kier molecular flexibility index (Phi) is 4.82. The summed E-state index contributed by atoms with van der Waals surface area (Å²) in [5.41, 5.74) is 0.947. The van der Waals surface area contributed by atoms with Crippen molar-refractivity contribution < 1.29 is 9.90 Å². The number of hydrogen-bond acceptors (Lipinski definition) is 2. The van der Waals surface area contributed by atoms with Crippen LogP contribution in [0, 0.1) is 0 Å². The van der Waals surface area contributed by atoms with E-state index in [4.69, 9.17) is 5.11 Å². The van der Waals surface area contributed by atoms with Crippen LogP contribution in [0.5, 0.6) is 0 Å². The van der Waals surface area contributed by atoms with Crippen LogP contribution in [-0.4, -0.2) is 35.1 Å². The molecule has 1 heterocycles. The van der Waals surface area contributed by atoms with Crippen molar-refractivity contribution in [2.75, 3.05) is 13.1 Å². The van der Waals surface area contributed by atoms with Gasteiger partial charge in [-0.1, -0.05) is 18.9 Å². The highest BCUT2D eigenvalue weighted by molar-refractivity contribution is 5.80. The third-order valence-corrected chi connectivity index (χ3v) is 3.04. The van der Waals surface area contributed by atoms with E-state index in [0.717, 1.165) is 18.7 Å². The summed E-state index contributed by atoms with van der Waals surface area (Å²) in [5.74, 6) is -0.836. The smallest absolute Gasteiger partial charge is 0.328 e. The van der Waals surface area contributed by atoms with Gasteiger partial charge >= 0.3 is 5.97 Å². The van der Waals surface area contributed by atoms with Crippen molar-refractivity contribution in [3.63, 3.8) is 0 Å². The SMILES string of the molecule is CCC1CCCCN1CC(C)=CC(=O)O. The van der Waals surface area contributed by atoms with E-state index in [1.807, 2.05) is 6.92 Å². The fourth-order valence-corrected chi connectivity index (χ4v) is 2.31. The van der Waals surface area contributed by atoms with Gasteiger partial charge < -0.3 is 5.11 Å². The third kappa shape index (κ3) is 4.04. The molecule has 0 saturated carbocycles. The summed E-state index contributed by atoms with van der Waals surface area (Å²) in [5, 5.41) is 8.64. The van der Waals surface area contributed by atoms with E-state index < -0.39 is 5.97 Å². The third-order valence-electron chi connectivity index (χ3n) is 3.04. The Bertz CT molecular complexity index is 248. The van der Waals surface area contributed by atoms with E-state index in [9.17, 15) is 4.79 Å². The van der Waals surface area contributed by atoms with E-state index in [0.29, 0.717) is 6.04 Å². The van der Waals surface area contributed by atoms with Crippen LogP contribution in [0.2, 0.25) is 0 Å². The highest BCUT2D eigenvalue weighted by atomic mass is 16.4. The summed E-state index contributed by atoms with van der Waals surface area (Å²) in [6.45, 7) is 6.03. The molecule has 1 aliphatic heterocycles. The van der Waals surface area contributed by atoms with Gasteiger partial charge in [-0.3, -0.25) is 4.90 Å². The van der Waals surface area contributed by atoms with Crippen molar-refractivity contribution in [2.24, 2.45) is 0 Å². The number of carbonyl (C=O) groups is 1. The second kappa shape index (κ2) is 5.91. The number of aliphatic carboxylic acids is 1. The lowest BCUT2D eigenvalue weighted by molar-refractivity contribution is -0.131. The van der Waals surface area contributed by atoms with Crippen LogP contribution >= 0.6 is 0 Å². The number of nitrogens with zero attached hydrogens (tertiary/aromatic N) is 1. The molecular weight excluding hydrogens is 190 g/mol. The maximum Gasteiger partial charge on any atom is 0.328 e. The van der Waals surface area contributed by atoms with Gasteiger partial charge in [-0.25, -0.2) is 4.79 Å². The topological polar surface area (TPSA) is 40.5 Å². The van der Waals surface area contributed by atoms with E-state index in [1.54, 1.807) is 0 Å². The normalized spacial score (nSPS) is 24.1. The summed E-state index contributed by atoms with van der Waals surface area (Å²) in [6.07, 6.45) is 6.31. The minimum atomic E-state index is -0.836. The monoisotopic (exact) mass is 211 g/mol. The van der Waals surface area contributed by atoms with Crippen molar-refractivity contribution in [1.82, 2.24) is 4.90 Å². The summed E-state index contributed by atoms with van der Waals surface area (Å²) < 4.78 is 0. The van der Waals surface area contributed by atoms with Crippen LogP contribution in [-0.2, 0) is 4.79 Å². The zero-order chi connectivity index (χ0) is 11.3. The zero-order valence-electron chi connectivity index (χ0n) is 9.70. The first-order chi connectivity index (χ1) is 7.13. The van der Waals surface area contributed by atoms with Gasteiger partial charge in [-0.2, -0.15) is 0 Å². The first-order valence-electron chi connectivity index (χ1n) is 5.77. The molecule has 1 aliphatic rings. The van der Waals surface area contributed by atoms with E-state index in [2.05, 4.69) is 11.8 Å². The lowest BCUT2D eigenvalue weighted by atomic mass is 9.99. The van der Waals surface area contributed by atoms with Crippen molar-refractivity contribution in [3.05, 3.63) is 11.6 Å². The fourth-order valence-electron chi connectivity index (χ4n) is 2.31. The maximum absolute atomic E-state index is 10.5. The first kappa shape index (κ1) is 12.2. The van der Waals surface area contributed by atoms with Gasteiger partial charge in [-0.15, -0.1) is 0 Å². The summed E-state index contributed by atoms with van der Waals surface area (Å²) in [6, 6.07) is 0.649. The molecule has 0 aromatic carbocycles. The number of carboxylic acid groups (broad SMARTS) is 1. The number of likely N-dealkylation sites (tertiary alicyclic amines) is 1. The zero-order valence-corrected chi connectivity index (χ0v) is 9.70. The standard InChI is InChI=1S/C12H21NO2/c1-3-11-6-4-5-7-13(11)9-10(2)8-12(14)15/h8,11H,3-7,9H2,1-2H3,(H,14,15). The minimum Gasteiger partial charge on any atom is -0.478 e. The molecule has 0 radical (unpaired) electrons. The Balaban J connectivity index is 2.51. The fraction of sp³-hybridized carbons (Fsp3) is 0.750. The van der Waals surface area contributed by atoms with Gasteiger partial charge in [0.2, 0.25) is 0 Å². The van der Waals surface area contributed by atoms with Gasteiger partial charge in [0, 0.05) is 18.7 Å². The summed E-state index contributed by atoms with van der Waals surface area (Å²) in [4.78, 5) is 12.9. The van der Waals surface area contributed by atoms with Crippen LogP contribution in [0.3, 0.4) is 0 Å². The lowest BCUT2D eigenvalue weighted by Crippen LogP contribution is -2.40. The van der Waals surface area contributed by atoms with Crippen molar-refractivity contribution in [1.29, 1.82) is 0 Å². The molecule has 0 amide bonds. The first-order valence-corrected chi connectivity index (χ1v) is 5.77. The number of rotatable bonds is 4. The van der Waals surface area contributed by atoms with Gasteiger partial charge in [0.15, 0.2) is 0 Å². The Morgan fingerprint density at radius 3 is 2.87 bits per heavy atom. The van der Waals surface area contributed by atoms with Crippen LogP contribution in [0.1, 0.15) is 39.5 Å². The maximum atomic E-state index is 10.5. The summed E-state index contributed by atoms with van der Waals surface area (Å²) >= 11 is 0. The molecule has 1 unspecified atom stereocenters. The Morgan fingerprint density at radius 2 is 2.27 bits per heavy atom. The minimum absolute atomic E-state index is 0.649. The van der Waals surface area contributed by atoms with E-state index >= 15 is 0 Å². The highest BCUT2D eigenvalue weighted by Crippen LogP contribution is 2.20. The average molecular weight is 211 g/mol. The van der Waals surface area contributed by atoms with Crippen LogP contribution < -0.4 is 0 Å². The van der Waals surface area contributed by atoms with E-state index in [-0.39, 0.29) is 0 Å². The predicted molar refractivity (Wildman–Crippen MR) is 60.9 cm³/mol. The van der Waals surface area contributed by atoms with E-state index in [1.165, 1.54) is 31.8 Å². The molecular formula is C12H21NO2. The predicted octanol–water partition coefficient (Wildman–Crippen LogP) is 2.28. The largest absolute Gasteiger partial charge is 0.478 e. The molecule has 0 aromatic heterocycles. The number of hydrogen-bond donors (Lipinski definition) is 1. The summed E-state index contributed by atoms with van der Waals surface area (Å²) in [7, 11) is 0. The van der Waals surface area contributed by atoms with Crippen molar-refractivity contribution in [2.45, 2.75) is 45.6 Å². The van der Waals surface area contributed by atoms with Crippen LogP contribution in [0.15, 0.2) is 11.6 Å². The molecule has 1 N–H and O–H groups in total. The molecule has 1 rings (SSSR count). The number of piperidine rings is 1. The van der Waals surface area contributed by atoms with Crippen LogP contribution in [0.25, 0.3) is 0 Å². The second-order valence-corrected chi connectivity index (χ2v) is 4.36. The van der Waals surface area contributed by atoms with Crippen LogP contribution in [0.4, 0.5) is 0 Å². The molecule has 15 heavy (non-hydrogen) atoms.